The molecule has 3 amide bonds. The van der Waals surface area contributed by atoms with E-state index < -0.39 is 23.6 Å². The maximum absolute atomic E-state index is 13.4. The fourth-order valence-electron chi connectivity index (χ4n) is 2.59. The van der Waals surface area contributed by atoms with Crippen molar-refractivity contribution in [3.05, 3.63) is 77.9 Å². The Balaban J connectivity index is 1.63. The highest BCUT2D eigenvalue weighted by molar-refractivity contribution is 5.99. The van der Waals surface area contributed by atoms with Crippen LogP contribution < -0.4 is 20.7 Å². The second-order valence-electron chi connectivity index (χ2n) is 6.39. The molecule has 1 heterocycles. The van der Waals surface area contributed by atoms with Crippen LogP contribution in [-0.4, -0.2) is 24.0 Å². The van der Waals surface area contributed by atoms with Gasteiger partial charge >= 0.3 is 12.2 Å². The third-order valence-electron chi connectivity index (χ3n) is 4.02. The molecule has 3 rings (SSSR count). The summed E-state index contributed by atoms with van der Waals surface area (Å²) in [5.74, 6) is -0.748. The fraction of sp³-hybridized carbons (Fsp3) is 0.0952. The number of alkyl halides is 3. The van der Waals surface area contributed by atoms with Crippen LogP contribution in [0.4, 0.5) is 33.7 Å². The first kappa shape index (κ1) is 22.5. The number of hydrogen-bond donors (Lipinski definition) is 3. The van der Waals surface area contributed by atoms with Crippen molar-refractivity contribution in [2.24, 2.45) is 0 Å². The quantitative estimate of drug-likeness (QED) is 0.477. The van der Waals surface area contributed by atoms with E-state index in [4.69, 9.17) is 4.74 Å². The SMILES string of the molecule is CNC(=O)c1cc(Oc2ccc(NC(=O)Nc3cc(F)cc(C(F)(F)F)c3)cc2)ccn1. The minimum atomic E-state index is -4.75. The lowest BCUT2D eigenvalue weighted by Crippen LogP contribution is -2.20. The van der Waals surface area contributed by atoms with Gasteiger partial charge in [-0.05, 0) is 48.5 Å². The van der Waals surface area contributed by atoms with Gasteiger partial charge in [-0.2, -0.15) is 13.2 Å². The third-order valence-corrected chi connectivity index (χ3v) is 4.02. The number of aromatic nitrogens is 1. The number of carbonyl (C=O) groups excluding carboxylic acids is 2. The number of urea groups is 1. The molecule has 0 aliphatic carbocycles. The Kier molecular flexibility index (Phi) is 6.57. The van der Waals surface area contributed by atoms with Gasteiger partial charge in [0.25, 0.3) is 5.91 Å². The Hall–Kier alpha value is -4.15. The highest BCUT2D eigenvalue weighted by atomic mass is 19.4. The lowest BCUT2D eigenvalue weighted by Gasteiger charge is -2.12. The molecule has 11 heteroatoms. The summed E-state index contributed by atoms with van der Waals surface area (Å²) in [6, 6.07) is 9.91. The van der Waals surface area contributed by atoms with E-state index in [0.717, 1.165) is 6.07 Å². The van der Waals surface area contributed by atoms with Gasteiger partial charge in [-0.1, -0.05) is 0 Å². The highest BCUT2D eigenvalue weighted by Gasteiger charge is 2.31. The summed E-state index contributed by atoms with van der Waals surface area (Å²) >= 11 is 0. The number of ether oxygens (including phenoxy) is 1. The van der Waals surface area contributed by atoms with Gasteiger partial charge in [-0.3, -0.25) is 9.78 Å². The Morgan fingerprint density at radius 1 is 0.906 bits per heavy atom. The molecule has 0 saturated heterocycles. The molecule has 0 aliphatic rings. The number of anilines is 2. The maximum Gasteiger partial charge on any atom is 0.416 e. The monoisotopic (exact) mass is 448 g/mol. The third kappa shape index (κ3) is 5.94. The number of amides is 3. The minimum Gasteiger partial charge on any atom is -0.457 e. The van der Waals surface area contributed by atoms with Crippen LogP contribution >= 0.6 is 0 Å². The summed E-state index contributed by atoms with van der Waals surface area (Å²) in [6.45, 7) is 0. The minimum absolute atomic E-state index is 0.172. The summed E-state index contributed by atoms with van der Waals surface area (Å²) in [7, 11) is 1.48. The van der Waals surface area contributed by atoms with Crippen LogP contribution in [0.2, 0.25) is 0 Å². The van der Waals surface area contributed by atoms with Gasteiger partial charge < -0.3 is 20.7 Å². The summed E-state index contributed by atoms with van der Waals surface area (Å²) < 4.78 is 57.4. The first-order valence-electron chi connectivity index (χ1n) is 9.06. The molecule has 0 aliphatic heterocycles. The average molecular weight is 448 g/mol. The average Bonchev–Trinajstić information content (AvgIpc) is 2.73. The predicted molar refractivity (Wildman–Crippen MR) is 108 cm³/mol. The zero-order valence-corrected chi connectivity index (χ0v) is 16.5. The van der Waals surface area contributed by atoms with Gasteiger partial charge in [-0.25, -0.2) is 9.18 Å². The van der Waals surface area contributed by atoms with E-state index in [1.54, 1.807) is 6.07 Å². The van der Waals surface area contributed by atoms with Gasteiger partial charge in [0.2, 0.25) is 0 Å². The van der Waals surface area contributed by atoms with E-state index in [1.165, 1.54) is 43.6 Å². The van der Waals surface area contributed by atoms with Crippen molar-refractivity contribution >= 4 is 23.3 Å². The van der Waals surface area contributed by atoms with Crippen molar-refractivity contribution in [1.29, 1.82) is 0 Å². The highest BCUT2D eigenvalue weighted by Crippen LogP contribution is 2.31. The van der Waals surface area contributed by atoms with Gasteiger partial charge in [0.15, 0.2) is 0 Å². The van der Waals surface area contributed by atoms with Crippen LogP contribution in [-0.2, 0) is 6.18 Å². The zero-order chi connectivity index (χ0) is 23.3. The van der Waals surface area contributed by atoms with E-state index >= 15 is 0 Å². The molecular formula is C21H16F4N4O3. The molecule has 3 N–H and O–H groups in total. The van der Waals surface area contributed by atoms with Crippen LogP contribution in [0.15, 0.2) is 60.8 Å². The molecule has 0 atom stereocenters. The molecule has 0 bridgehead atoms. The lowest BCUT2D eigenvalue weighted by atomic mass is 10.2. The van der Waals surface area contributed by atoms with Crippen molar-refractivity contribution in [2.45, 2.75) is 6.18 Å². The second kappa shape index (κ2) is 9.33. The zero-order valence-electron chi connectivity index (χ0n) is 16.5. The Labute approximate surface area is 179 Å². The van der Waals surface area contributed by atoms with Gasteiger partial charge in [-0.15, -0.1) is 0 Å². The van der Waals surface area contributed by atoms with Crippen LogP contribution in [0.5, 0.6) is 11.5 Å². The van der Waals surface area contributed by atoms with Crippen molar-refractivity contribution in [3.63, 3.8) is 0 Å². The maximum atomic E-state index is 13.4. The van der Waals surface area contributed by atoms with Crippen LogP contribution in [0.25, 0.3) is 0 Å². The molecular weight excluding hydrogens is 432 g/mol. The molecule has 0 unspecified atom stereocenters. The Morgan fingerprint density at radius 3 is 2.25 bits per heavy atom. The molecule has 0 radical (unpaired) electrons. The number of nitrogens with one attached hydrogen (secondary N) is 3. The molecule has 0 fully saturated rings. The summed E-state index contributed by atoms with van der Waals surface area (Å²) in [5, 5.41) is 7.02. The Bertz CT molecular complexity index is 1130. The summed E-state index contributed by atoms with van der Waals surface area (Å²) in [5.41, 5.74) is -1.08. The molecule has 1 aromatic heterocycles. The van der Waals surface area contributed by atoms with Crippen molar-refractivity contribution in [1.82, 2.24) is 10.3 Å². The molecule has 3 aromatic rings. The number of halogens is 4. The lowest BCUT2D eigenvalue weighted by molar-refractivity contribution is -0.137. The molecule has 7 nitrogen and oxygen atoms in total. The van der Waals surface area contributed by atoms with Gasteiger partial charge in [0.05, 0.1) is 5.56 Å². The van der Waals surface area contributed by atoms with E-state index in [9.17, 15) is 27.2 Å². The van der Waals surface area contributed by atoms with E-state index in [1.807, 2.05) is 0 Å². The second-order valence-corrected chi connectivity index (χ2v) is 6.39. The van der Waals surface area contributed by atoms with Crippen molar-refractivity contribution in [2.75, 3.05) is 17.7 Å². The normalized spacial score (nSPS) is 10.9. The van der Waals surface area contributed by atoms with Crippen LogP contribution in [0.1, 0.15) is 16.1 Å². The number of benzene rings is 2. The van der Waals surface area contributed by atoms with Crippen LogP contribution in [0.3, 0.4) is 0 Å². The number of carbonyl (C=O) groups is 2. The first-order valence-corrected chi connectivity index (χ1v) is 9.06. The number of pyridine rings is 1. The topological polar surface area (TPSA) is 92.4 Å². The van der Waals surface area contributed by atoms with Crippen molar-refractivity contribution in [3.8, 4) is 11.5 Å². The number of hydrogen-bond acceptors (Lipinski definition) is 4. The molecule has 166 valence electrons. The number of nitrogens with zero attached hydrogens (tertiary/aromatic N) is 1. The van der Waals surface area contributed by atoms with Gasteiger partial charge in [0.1, 0.15) is 23.0 Å². The molecule has 2 aromatic carbocycles. The van der Waals surface area contributed by atoms with E-state index in [2.05, 4.69) is 20.9 Å². The number of rotatable bonds is 5. The smallest absolute Gasteiger partial charge is 0.416 e. The van der Waals surface area contributed by atoms with E-state index in [0.29, 0.717) is 29.3 Å². The van der Waals surface area contributed by atoms with Gasteiger partial charge in [0, 0.05) is 30.7 Å². The fourth-order valence-corrected chi connectivity index (χ4v) is 2.59. The molecule has 32 heavy (non-hydrogen) atoms. The standard InChI is InChI=1S/C21H16F4N4O3/c1-26-19(30)18-11-17(6-7-27-18)32-16-4-2-14(3-5-16)28-20(31)29-15-9-12(21(23,24)25)8-13(22)10-15/h2-11H,1H3,(H,26,30)(H2,28,29,31). The molecule has 0 saturated carbocycles. The summed E-state index contributed by atoms with van der Waals surface area (Å²) in [4.78, 5) is 27.6. The predicted octanol–water partition coefficient (Wildman–Crippen LogP) is 5.04. The summed E-state index contributed by atoms with van der Waals surface area (Å²) in [6.07, 6.45) is -3.34. The largest absolute Gasteiger partial charge is 0.457 e. The first-order chi connectivity index (χ1) is 15.1. The Morgan fingerprint density at radius 2 is 1.59 bits per heavy atom. The van der Waals surface area contributed by atoms with Crippen molar-refractivity contribution < 1.29 is 31.9 Å². The van der Waals surface area contributed by atoms with Crippen LogP contribution in [0, 0.1) is 5.82 Å². The van der Waals surface area contributed by atoms with E-state index in [-0.39, 0.29) is 17.3 Å². The molecule has 0 spiro atoms.